The normalized spacial score (nSPS) is 12.0. The van der Waals surface area contributed by atoms with Gasteiger partial charge in [-0.3, -0.25) is 4.79 Å². The van der Waals surface area contributed by atoms with Crippen molar-refractivity contribution in [3.8, 4) is 17.1 Å². The Bertz CT molecular complexity index is 1130. The molecule has 4 rings (SSSR count). The van der Waals surface area contributed by atoms with Crippen molar-refractivity contribution in [1.82, 2.24) is 15.1 Å². The van der Waals surface area contributed by atoms with Gasteiger partial charge in [0.2, 0.25) is 0 Å². The van der Waals surface area contributed by atoms with Gasteiger partial charge in [-0.2, -0.15) is 5.10 Å². The first-order valence-electron chi connectivity index (χ1n) is 9.60. The number of nitrogens with one attached hydrogen (secondary N) is 1. The van der Waals surface area contributed by atoms with Gasteiger partial charge in [0.15, 0.2) is 5.76 Å². The van der Waals surface area contributed by atoms with Crippen LogP contribution in [0.25, 0.3) is 17.1 Å². The van der Waals surface area contributed by atoms with Crippen LogP contribution >= 0.6 is 0 Å². The second kappa shape index (κ2) is 7.80. The van der Waals surface area contributed by atoms with Gasteiger partial charge < -0.3 is 9.73 Å². The average Bonchev–Trinajstić information content (AvgIpc) is 3.40. The second-order valence-corrected chi connectivity index (χ2v) is 7.20. The molecule has 1 unspecified atom stereocenters. The van der Waals surface area contributed by atoms with Gasteiger partial charge in [0.1, 0.15) is 11.4 Å². The summed E-state index contributed by atoms with van der Waals surface area (Å²) in [5, 5.41) is 7.77. The number of rotatable bonds is 5. The summed E-state index contributed by atoms with van der Waals surface area (Å²) in [6.07, 6.45) is 1.60. The van der Waals surface area contributed by atoms with Crippen LogP contribution in [0.4, 0.5) is 0 Å². The molecule has 0 aliphatic rings. The summed E-state index contributed by atoms with van der Waals surface area (Å²) >= 11 is 0. The number of aromatic nitrogens is 2. The van der Waals surface area contributed by atoms with Crippen molar-refractivity contribution in [1.29, 1.82) is 0 Å². The average molecular weight is 385 g/mol. The first-order chi connectivity index (χ1) is 14.0. The number of carbonyl (C=O) groups is 1. The lowest BCUT2D eigenvalue weighted by molar-refractivity contribution is 0.0932. The number of nitrogens with zero attached hydrogens (tertiary/aromatic N) is 2. The van der Waals surface area contributed by atoms with Crippen LogP contribution in [0.1, 0.15) is 40.1 Å². The fourth-order valence-electron chi connectivity index (χ4n) is 3.31. The number of hydrogen-bond donors (Lipinski definition) is 1. The molecule has 0 spiro atoms. The van der Waals surface area contributed by atoms with E-state index in [1.165, 1.54) is 0 Å². The molecular formula is C24H23N3O2. The molecule has 146 valence electrons. The van der Waals surface area contributed by atoms with Crippen molar-refractivity contribution in [2.45, 2.75) is 26.8 Å². The Morgan fingerprint density at radius 2 is 1.83 bits per heavy atom. The Balaban J connectivity index is 1.75. The standard InChI is InChI=1S/C24H23N3O2/c1-16-11-12-17(2)21(14-16)27-22(15-20(26-27)23-10-7-13-29-23)24(28)25-18(3)19-8-5-4-6-9-19/h4-15,18H,1-3H3,(H,25,28). The van der Waals surface area contributed by atoms with Crippen molar-refractivity contribution in [3.63, 3.8) is 0 Å². The van der Waals surface area contributed by atoms with Gasteiger partial charge in [0, 0.05) is 6.07 Å². The topological polar surface area (TPSA) is 60.1 Å². The maximum atomic E-state index is 13.2. The smallest absolute Gasteiger partial charge is 0.270 e. The van der Waals surface area contributed by atoms with E-state index in [0.29, 0.717) is 17.1 Å². The summed E-state index contributed by atoms with van der Waals surface area (Å²) in [5.41, 5.74) is 5.14. The molecule has 29 heavy (non-hydrogen) atoms. The molecule has 0 aliphatic heterocycles. The highest BCUT2D eigenvalue weighted by Gasteiger charge is 2.21. The maximum absolute atomic E-state index is 13.2. The van der Waals surface area contributed by atoms with E-state index >= 15 is 0 Å². The highest BCUT2D eigenvalue weighted by molar-refractivity contribution is 5.94. The highest BCUT2D eigenvalue weighted by Crippen LogP contribution is 2.25. The molecule has 1 atom stereocenters. The zero-order valence-electron chi connectivity index (χ0n) is 16.7. The number of furan rings is 1. The van der Waals surface area contributed by atoms with Crippen molar-refractivity contribution in [2.24, 2.45) is 0 Å². The molecule has 2 aromatic heterocycles. The van der Waals surface area contributed by atoms with E-state index in [0.717, 1.165) is 22.4 Å². The van der Waals surface area contributed by atoms with Crippen LogP contribution in [-0.4, -0.2) is 15.7 Å². The molecule has 0 saturated carbocycles. The first kappa shape index (κ1) is 18.7. The van der Waals surface area contributed by atoms with Crippen LogP contribution in [0.3, 0.4) is 0 Å². The molecule has 5 nitrogen and oxygen atoms in total. The summed E-state index contributed by atoms with van der Waals surface area (Å²) < 4.78 is 7.20. The molecule has 0 aliphatic carbocycles. The third-order valence-electron chi connectivity index (χ3n) is 4.96. The fraction of sp³-hybridized carbons (Fsp3) is 0.167. The van der Waals surface area contributed by atoms with Crippen LogP contribution in [-0.2, 0) is 0 Å². The van der Waals surface area contributed by atoms with Crippen LogP contribution in [0.2, 0.25) is 0 Å². The van der Waals surface area contributed by atoms with Crippen LogP contribution in [0.15, 0.2) is 77.4 Å². The Morgan fingerprint density at radius 1 is 1.03 bits per heavy atom. The van der Waals surface area contributed by atoms with E-state index in [1.54, 1.807) is 17.0 Å². The highest BCUT2D eigenvalue weighted by atomic mass is 16.3. The lowest BCUT2D eigenvalue weighted by Crippen LogP contribution is -2.28. The summed E-state index contributed by atoms with van der Waals surface area (Å²) in [7, 11) is 0. The van der Waals surface area contributed by atoms with Gasteiger partial charge in [-0.05, 0) is 55.7 Å². The number of amides is 1. The molecule has 0 saturated heterocycles. The molecule has 0 bridgehead atoms. The maximum Gasteiger partial charge on any atom is 0.270 e. The third-order valence-corrected chi connectivity index (χ3v) is 4.96. The summed E-state index contributed by atoms with van der Waals surface area (Å²) in [6, 6.07) is 21.3. The molecule has 0 radical (unpaired) electrons. The second-order valence-electron chi connectivity index (χ2n) is 7.20. The lowest BCUT2D eigenvalue weighted by Gasteiger charge is -2.16. The Hall–Kier alpha value is -3.60. The number of benzene rings is 2. The molecule has 4 aromatic rings. The van der Waals surface area contributed by atoms with Gasteiger partial charge in [0.25, 0.3) is 5.91 Å². The zero-order valence-corrected chi connectivity index (χ0v) is 16.7. The van der Waals surface area contributed by atoms with Crippen LogP contribution < -0.4 is 5.32 Å². The summed E-state index contributed by atoms with van der Waals surface area (Å²) in [6.45, 7) is 6.01. The molecule has 1 N–H and O–H groups in total. The van der Waals surface area contributed by atoms with E-state index in [9.17, 15) is 4.79 Å². The van der Waals surface area contributed by atoms with Crippen LogP contribution in [0, 0.1) is 13.8 Å². The largest absolute Gasteiger partial charge is 0.463 e. The van der Waals surface area contributed by atoms with E-state index < -0.39 is 0 Å². The van der Waals surface area contributed by atoms with Gasteiger partial charge in [-0.15, -0.1) is 0 Å². The SMILES string of the molecule is Cc1ccc(C)c(-n2nc(-c3ccco3)cc2C(=O)NC(C)c2ccccc2)c1. The number of aryl methyl sites for hydroxylation is 2. The Morgan fingerprint density at radius 3 is 2.55 bits per heavy atom. The number of carbonyl (C=O) groups excluding carboxylic acids is 1. The lowest BCUT2D eigenvalue weighted by atomic mass is 10.1. The number of hydrogen-bond acceptors (Lipinski definition) is 3. The minimum Gasteiger partial charge on any atom is -0.463 e. The van der Waals surface area contributed by atoms with Gasteiger partial charge >= 0.3 is 0 Å². The summed E-state index contributed by atoms with van der Waals surface area (Å²) in [4.78, 5) is 13.2. The van der Waals surface area contributed by atoms with E-state index in [-0.39, 0.29) is 11.9 Å². The van der Waals surface area contributed by atoms with Crippen molar-refractivity contribution >= 4 is 5.91 Å². The molecular weight excluding hydrogens is 362 g/mol. The predicted octanol–water partition coefficient (Wildman–Crippen LogP) is 5.24. The molecule has 5 heteroatoms. The molecule has 0 fully saturated rings. The van der Waals surface area contributed by atoms with E-state index in [1.807, 2.05) is 81.4 Å². The van der Waals surface area contributed by atoms with E-state index in [4.69, 9.17) is 4.42 Å². The fourth-order valence-corrected chi connectivity index (χ4v) is 3.31. The predicted molar refractivity (Wildman–Crippen MR) is 113 cm³/mol. The quantitative estimate of drug-likeness (QED) is 0.511. The third kappa shape index (κ3) is 3.85. The van der Waals surface area contributed by atoms with E-state index in [2.05, 4.69) is 10.4 Å². The van der Waals surface area contributed by atoms with Gasteiger partial charge in [-0.25, -0.2) is 4.68 Å². The zero-order chi connectivity index (χ0) is 20.4. The monoisotopic (exact) mass is 385 g/mol. The first-order valence-corrected chi connectivity index (χ1v) is 9.60. The summed E-state index contributed by atoms with van der Waals surface area (Å²) in [5.74, 6) is 0.437. The van der Waals surface area contributed by atoms with Gasteiger partial charge in [-0.1, -0.05) is 42.5 Å². The van der Waals surface area contributed by atoms with Crippen molar-refractivity contribution in [2.75, 3.05) is 0 Å². The van der Waals surface area contributed by atoms with Crippen LogP contribution in [0.5, 0.6) is 0 Å². The van der Waals surface area contributed by atoms with Crippen molar-refractivity contribution < 1.29 is 9.21 Å². The van der Waals surface area contributed by atoms with Crippen molar-refractivity contribution in [3.05, 3.63) is 95.4 Å². The molecule has 1 amide bonds. The Kier molecular flexibility index (Phi) is 5.04. The molecule has 2 heterocycles. The van der Waals surface area contributed by atoms with Gasteiger partial charge in [0.05, 0.1) is 18.0 Å². The minimum absolute atomic E-state index is 0.127. The minimum atomic E-state index is -0.187. The molecule has 2 aromatic carbocycles. The Labute approximate surface area is 170 Å².